The molecule has 1 atom stereocenters. The number of benzene rings is 1. The van der Waals surface area contributed by atoms with E-state index in [1.165, 1.54) is 0 Å². The summed E-state index contributed by atoms with van der Waals surface area (Å²) in [6.07, 6.45) is 0.848. The molecule has 1 unspecified atom stereocenters. The predicted molar refractivity (Wildman–Crippen MR) is 85.4 cm³/mol. The zero-order valence-corrected chi connectivity index (χ0v) is 13.3. The average Bonchev–Trinajstić information content (AvgIpc) is 2.48. The second-order valence-electron chi connectivity index (χ2n) is 5.42. The number of nitrogens with one attached hydrogen (secondary N) is 1. The van der Waals surface area contributed by atoms with E-state index >= 15 is 0 Å². The summed E-state index contributed by atoms with van der Waals surface area (Å²) in [6.45, 7) is 4.66. The van der Waals surface area contributed by atoms with Gasteiger partial charge in [-0.15, -0.1) is 0 Å². The molecule has 2 aromatic rings. The van der Waals surface area contributed by atoms with Crippen LogP contribution < -0.4 is 5.32 Å². The van der Waals surface area contributed by atoms with Crippen molar-refractivity contribution >= 4 is 28.5 Å². The summed E-state index contributed by atoms with van der Waals surface area (Å²) in [5.74, 6) is -0.976. The van der Waals surface area contributed by atoms with Gasteiger partial charge in [-0.1, -0.05) is 37.6 Å². The fraction of sp³-hybridized carbons (Fsp3) is 0.375. The molecule has 1 N–H and O–H groups in total. The van der Waals surface area contributed by atoms with Crippen LogP contribution >= 0.6 is 11.6 Å². The van der Waals surface area contributed by atoms with Crippen LogP contribution in [0.2, 0.25) is 5.15 Å². The van der Waals surface area contributed by atoms with Crippen molar-refractivity contribution in [3.63, 3.8) is 0 Å². The van der Waals surface area contributed by atoms with E-state index in [0.717, 1.165) is 6.42 Å². The maximum Gasteiger partial charge on any atom is 0.243 e. The first kappa shape index (κ1) is 16.2. The minimum absolute atomic E-state index is 0.0873. The monoisotopic (exact) mass is 316 g/mol. The summed E-state index contributed by atoms with van der Waals surface area (Å²) in [6, 6.07) is 9.16. The first-order chi connectivity index (χ1) is 10.5. The number of rotatable bonds is 5. The third-order valence-electron chi connectivity index (χ3n) is 3.24. The van der Waals surface area contributed by atoms with E-state index in [9.17, 15) is 10.1 Å². The van der Waals surface area contributed by atoms with Crippen molar-refractivity contribution in [2.24, 2.45) is 5.92 Å². The van der Waals surface area contributed by atoms with Gasteiger partial charge in [-0.05, 0) is 24.5 Å². The number of aromatic nitrogens is 2. The molecule has 114 valence electrons. The first-order valence-corrected chi connectivity index (χ1v) is 7.50. The highest BCUT2D eigenvalue weighted by molar-refractivity contribution is 6.30. The molecule has 1 amide bonds. The van der Waals surface area contributed by atoms with Gasteiger partial charge in [-0.2, -0.15) is 5.26 Å². The topological polar surface area (TPSA) is 78.7 Å². The molecule has 0 saturated heterocycles. The number of carbonyl (C=O) groups excluding carboxylic acids is 1. The Morgan fingerprint density at radius 2 is 1.95 bits per heavy atom. The second kappa shape index (κ2) is 7.19. The van der Waals surface area contributed by atoms with Gasteiger partial charge in [0.05, 0.1) is 17.1 Å². The number of para-hydroxylation sites is 2. The highest BCUT2D eigenvalue weighted by Gasteiger charge is 2.25. The molecule has 1 heterocycles. The number of halogens is 1. The molecule has 1 aromatic carbocycles. The fourth-order valence-corrected chi connectivity index (χ4v) is 2.25. The molecule has 6 heteroatoms. The largest absolute Gasteiger partial charge is 0.355 e. The van der Waals surface area contributed by atoms with Crippen LogP contribution in [0, 0.1) is 17.2 Å². The highest BCUT2D eigenvalue weighted by Crippen LogP contribution is 2.23. The standard InChI is InChI=1S/C16H17ClN4O/c1-10(2)7-8-19-16(22)11(9-18)14-15(17)21-13-6-4-3-5-12(13)20-14/h3-6,10-11H,7-8H2,1-2H3,(H,19,22). The maximum atomic E-state index is 12.2. The van der Waals surface area contributed by atoms with Crippen molar-refractivity contribution in [3.05, 3.63) is 35.1 Å². The number of nitrogens with zero attached hydrogens (tertiary/aromatic N) is 3. The van der Waals surface area contributed by atoms with E-state index in [0.29, 0.717) is 23.5 Å². The van der Waals surface area contributed by atoms with Crippen molar-refractivity contribution in [1.82, 2.24) is 15.3 Å². The van der Waals surface area contributed by atoms with Gasteiger partial charge in [0, 0.05) is 6.54 Å². The van der Waals surface area contributed by atoms with Gasteiger partial charge in [0.25, 0.3) is 0 Å². The third-order valence-corrected chi connectivity index (χ3v) is 3.52. The lowest BCUT2D eigenvalue weighted by Crippen LogP contribution is -2.30. The first-order valence-electron chi connectivity index (χ1n) is 7.12. The highest BCUT2D eigenvalue weighted by atomic mass is 35.5. The Morgan fingerprint density at radius 3 is 2.55 bits per heavy atom. The van der Waals surface area contributed by atoms with Crippen LogP contribution in [-0.2, 0) is 4.79 Å². The van der Waals surface area contributed by atoms with Gasteiger partial charge >= 0.3 is 0 Å². The van der Waals surface area contributed by atoms with Crippen molar-refractivity contribution in [2.75, 3.05) is 6.54 Å². The second-order valence-corrected chi connectivity index (χ2v) is 5.78. The number of hydrogen-bond acceptors (Lipinski definition) is 4. The molecule has 0 fully saturated rings. The zero-order valence-electron chi connectivity index (χ0n) is 12.5. The normalized spacial score (nSPS) is 12.1. The van der Waals surface area contributed by atoms with Crippen LogP contribution in [0.3, 0.4) is 0 Å². The SMILES string of the molecule is CC(C)CCNC(=O)C(C#N)c1nc2ccccc2nc1Cl. The number of fused-ring (bicyclic) bond motifs is 1. The van der Waals surface area contributed by atoms with Crippen molar-refractivity contribution in [1.29, 1.82) is 5.26 Å². The van der Waals surface area contributed by atoms with Crippen molar-refractivity contribution in [3.8, 4) is 6.07 Å². The number of nitriles is 1. The maximum absolute atomic E-state index is 12.2. The average molecular weight is 317 g/mol. The Morgan fingerprint density at radius 1 is 1.32 bits per heavy atom. The van der Waals surface area contributed by atoms with Crippen LogP contribution in [0.15, 0.2) is 24.3 Å². The molecule has 0 aliphatic rings. The van der Waals surface area contributed by atoms with E-state index in [1.807, 2.05) is 18.2 Å². The molecule has 0 radical (unpaired) electrons. The van der Waals surface area contributed by atoms with Crippen LogP contribution in [0.5, 0.6) is 0 Å². The minimum atomic E-state index is -1.06. The molecule has 22 heavy (non-hydrogen) atoms. The third kappa shape index (κ3) is 3.71. The molecule has 1 aromatic heterocycles. The Bertz CT molecular complexity index is 724. The van der Waals surface area contributed by atoms with Gasteiger partial charge in [-0.3, -0.25) is 4.79 Å². The predicted octanol–water partition coefficient (Wildman–Crippen LogP) is 3.05. The number of carbonyl (C=O) groups is 1. The summed E-state index contributed by atoms with van der Waals surface area (Å²) in [5, 5.41) is 12.2. The van der Waals surface area contributed by atoms with Crippen LogP contribution in [0.4, 0.5) is 0 Å². The van der Waals surface area contributed by atoms with E-state index in [4.69, 9.17) is 11.6 Å². The van der Waals surface area contributed by atoms with Crippen LogP contribution in [0.1, 0.15) is 31.9 Å². The van der Waals surface area contributed by atoms with E-state index in [-0.39, 0.29) is 10.8 Å². The van der Waals surface area contributed by atoms with Crippen molar-refractivity contribution < 1.29 is 4.79 Å². The molecule has 2 rings (SSSR count). The number of amides is 1. The minimum Gasteiger partial charge on any atom is -0.355 e. The van der Waals surface area contributed by atoms with Gasteiger partial charge < -0.3 is 5.32 Å². The van der Waals surface area contributed by atoms with E-state index in [1.54, 1.807) is 12.1 Å². The van der Waals surface area contributed by atoms with Crippen molar-refractivity contribution in [2.45, 2.75) is 26.2 Å². The Labute approximate surface area is 134 Å². The summed E-state index contributed by atoms with van der Waals surface area (Å²) in [7, 11) is 0. The molecule has 0 spiro atoms. The fourth-order valence-electron chi connectivity index (χ4n) is 2.01. The van der Waals surface area contributed by atoms with Crippen LogP contribution in [-0.4, -0.2) is 22.4 Å². The summed E-state index contributed by atoms with van der Waals surface area (Å²) in [5.41, 5.74) is 1.44. The lowest BCUT2D eigenvalue weighted by molar-refractivity contribution is -0.121. The van der Waals surface area contributed by atoms with Crippen LogP contribution in [0.25, 0.3) is 11.0 Å². The molecule has 0 saturated carbocycles. The Hall–Kier alpha value is -2.19. The quantitative estimate of drug-likeness (QED) is 0.919. The lowest BCUT2D eigenvalue weighted by Gasteiger charge is -2.12. The Kier molecular flexibility index (Phi) is 5.29. The molecular weight excluding hydrogens is 300 g/mol. The molecule has 0 aliphatic heterocycles. The van der Waals surface area contributed by atoms with E-state index < -0.39 is 11.8 Å². The molecule has 0 aliphatic carbocycles. The molecular formula is C16H17ClN4O. The summed E-state index contributed by atoms with van der Waals surface area (Å²) in [4.78, 5) is 20.7. The van der Waals surface area contributed by atoms with E-state index in [2.05, 4.69) is 29.1 Å². The molecule has 0 bridgehead atoms. The van der Waals surface area contributed by atoms with Gasteiger partial charge in [0.1, 0.15) is 5.69 Å². The smallest absolute Gasteiger partial charge is 0.243 e. The van der Waals surface area contributed by atoms with Gasteiger partial charge in [0.15, 0.2) is 11.1 Å². The van der Waals surface area contributed by atoms with Gasteiger partial charge in [0.2, 0.25) is 5.91 Å². The number of hydrogen-bond donors (Lipinski definition) is 1. The summed E-state index contributed by atoms with van der Waals surface area (Å²) < 4.78 is 0. The zero-order chi connectivity index (χ0) is 16.1. The lowest BCUT2D eigenvalue weighted by atomic mass is 10.1. The summed E-state index contributed by atoms with van der Waals surface area (Å²) >= 11 is 6.10. The van der Waals surface area contributed by atoms with Gasteiger partial charge in [-0.25, -0.2) is 9.97 Å². The Balaban J connectivity index is 2.25. The molecule has 5 nitrogen and oxygen atoms in total.